The molecule has 0 spiro atoms. The van der Waals surface area contributed by atoms with Gasteiger partial charge in [0.1, 0.15) is 0 Å². The molecule has 1 aromatic carbocycles. The van der Waals surface area contributed by atoms with Crippen LogP contribution in [0.4, 0.5) is 0 Å². The smallest absolute Gasteiger partial charge is 0.308 e. The lowest BCUT2D eigenvalue weighted by atomic mass is 10.1. The Morgan fingerprint density at radius 1 is 1.29 bits per heavy atom. The first-order valence-corrected chi connectivity index (χ1v) is 6.70. The number of likely N-dealkylation sites (tertiary alicyclic amines) is 1. The number of amides is 1. The molecule has 2 aromatic rings. The average molecular weight is 286 g/mol. The van der Waals surface area contributed by atoms with E-state index in [0.29, 0.717) is 29.4 Å². The second-order valence-corrected chi connectivity index (χ2v) is 5.17. The van der Waals surface area contributed by atoms with Crippen LogP contribution in [0, 0.1) is 5.92 Å². The number of fused-ring (bicyclic) bond motifs is 1. The fourth-order valence-corrected chi connectivity index (χ4v) is 2.70. The minimum absolute atomic E-state index is 0.190. The Kier molecular flexibility index (Phi) is 3.21. The Hall–Kier alpha value is -2.63. The molecule has 1 fully saturated rings. The zero-order valence-corrected chi connectivity index (χ0v) is 11.2. The normalized spacial score (nSPS) is 18.1. The minimum Gasteiger partial charge on any atom is -0.481 e. The van der Waals surface area contributed by atoms with Crippen LogP contribution in [0.25, 0.3) is 10.9 Å². The van der Waals surface area contributed by atoms with Gasteiger partial charge in [-0.15, -0.1) is 0 Å². The van der Waals surface area contributed by atoms with E-state index >= 15 is 0 Å². The lowest BCUT2D eigenvalue weighted by molar-refractivity contribution is -0.141. The van der Waals surface area contributed by atoms with Crippen LogP contribution in [0.2, 0.25) is 0 Å². The van der Waals surface area contributed by atoms with E-state index in [9.17, 15) is 14.4 Å². The number of nitrogens with zero attached hydrogens (tertiary/aromatic N) is 1. The first kappa shape index (κ1) is 13.4. The van der Waals surface area contributed by atoms with Crippen molar-refractivity contribution in [2.75, 3.05) is 13.1 Å². The number of aromatic amines is 1. The topological polar surface area (TPSA) is 90.5 Å². The monoisotopic (exact) mass is 286 g/mol. The number of carboxylic acids is 1. The predicted octanol–water partition coefficient (Wildman–Crippen LogP) is 1.07. The summed E-state index contributed by atoms with van der Waals surface area (Å²) in [7, 11) is 0. The highest BCUT2D eigenvalue weighted by Gasteiger charge is 2.31. The summed E-state index contributed by atoms with van der Waals surface area (Å²) in [4.78, 5) is 39.4. The molecule has 0 aliphatic carbocycles. The maximum Gasteiger partial charge on any atom is 0.308 e. The molecule has 0 radical (unpaired) electrons. The number of para-hydroxylation sites is 1. The Morgan fingerprint density at radius 2 is 2.05 bits per heavy atom. The third-order valence-electron chi connectivity index (χ3n) is 3.81. The van der Waals surface area contributed by atoms with Crippen molar-refractivity contribution in [2.45, 2.75) is 6.42 Å². The van der Waals surface area contributed by atoms with E-state index in [-0.39, 0.29) is 18.0 Å². The molecule has 2 N–H and O–H groups in total. The maximum atomic E-state index is 12.6. The van der Waals surface area contributed by atoms with E-state index < -0.39 is 11.9 Å². The molecule has 1 aliphatic heterocycles. The van der Waals surface area contributed by atoms with Crippen LogP contribution < -0.4 is 5.56 Å². The fraction of sp³-hybridized carbons (Fsp3) is 0.267. The minimum atomic E-state index is -0.888. The molecular formula is C15H14N2O4. The third kappa shape index (κ3) is 2.40. The number of H-pyrrole nitrogens is 1. The lowest BCUT2D eigenvalue weighted by Crippen LogP contribution is -2.31. The molecule has 6 nitrogen and oxygen atoms in total. The van der Waals surface area contributed by atoms with Crippen LogP contribution in [-0.2, 0) is 4.79 Å². The number of aromatic nitrogens is 1. The van der Waals surface area contributed by atoms with E-state index in [0.717, 1.165) is 0 Å². The van der Waals surface area contributed by atoms with Gasteiger partial charge < -0.3 is 15.0 Å². The standard InChI is InChI=1S/C15H14N2O4/c18-13-7-11(10-3-1-2-4-12(10)16-13)14(19)17-6-5-9(8-17)15(20)21/h1-4,7,9H,5-6,8H2,(H,16,18)(H,20,21)/t9-/m1/s1. The highest BCUT2D eigenvalue weighted by molar-refractivity contribution is 6.06. The quantitative estimate of drug-likeness (QED) is 0.864. The largest absolute Gasteiger partial charge is 0.481 e. The summed E-state index contributed by atoms with van der Waals surface area (Å²) in [5.41, 5.74) is 0.578. The summed E-state index contributed by atoms with van der Waals surface area (Å²) >= 11 is 0. The van der Waals surface area contributed by atoms with E-state index in [1.165, 1.54) is 11.0 Å². The predicted molar refractivity (Wildman–Crippen MR) is 76.2 cm³/mol. The zero-order chi connectivity index (χ0) is 15.0. The number of hydrogen-bond acceptors (Lipinski definition) is 3. The lowest BCUT2D eigenvalue weighted by Gasteiger charge is -2.16. The Morgan fingerprint density at radius 3 is 2.76 bits per heavy atom. The van der Waals surface area contributed by atoms with E-state index in [1.807, 2.05) is 0 Å². The first-order valence-electron chi connectivity index (χ1n) is 6.70. The molecule has 1 amide bonds. The van der Waals surface area contributed by atoms with Crippen LogP contribution in [0.5, 0.6) is 0 Å². The SMILES string of the molecule is O=C(O)[C@@H]1CCN(C(=O)c2cc(=O)[nH]c3ccccc23)C1. The highest BCUT2D eigenvalue weighted by atomic mass is 16.4. The van der Waals surface area contributed by atoms with Gasteiger partial charge in [0.05, 0.1) is 11.5 Å². The van der Waals surface area contributed by atoms with E-state index in [4.69, 9.17) is 5.11 Å². The van der Waals surface area contributed by atoms with Gasteiger partial charge in [-0.1, -0.05) is 18.2 Å². The molecule has 0 bridgehead atoms. The summed E-state index contributed by atoms with van der Waals surface area (Å²) in [6, 6.07) is 8.35. The molecule has 2 heterocycles. The summed E-state index contributed by atoms with van der Waals surface area (Å²) in [5.74, 6) is -1.70. The number of nitrogens with one attached hydrogen (secondary N) is 1. The third-order valence-corrected chi connectivity index (χ3v) is 3.81. The van der Waals surface area contributed by atoms with E-state index in [2.05, 4.69) is 4.98 Å². The van der Waals surface area contributed by atoms with Crippen molar-refractivity contribution in [3.8, 4) is 0 Å². The average Bonchev–Trinajstić information content (AvgIpc) is 2.95. The summed E-state index contributed by atoms with van der Waals surface area (Å²) < 4.78 is 0. The Labute approximate surface area is 120 Å². The van der Waals surface area contributed by atoms with Crippen LogP contribution in [0.1, 0.15) is 16.8 Å². The first-order chi connectivity index (χ1) is 10.1. The van der Waals surface area contributed by atoms with Gasteiger partial charge in [-0.3, -0.25) is 14.4 Å². The Balaban J connectivity index is 1.99. The second-order valence-electron chi connectivity index (χ2n) is 5.17. The van der Waals surface area contributed by atoms with E-state index in [1.54, 1.807) is 24.3 Å². The maximum absolute atomic E-state index is 12.6. The summed E-state index contributed by atoms with van der Waals surface area (Å²) in [6.45, 7) is 0.590. The molecule has 108 valence electrons. The number of pyridine rings is 1. The van der Waals surface area contributed by atoms with Crippen molar-refractivity contribution in [3.63, 3.8) is 0 Å². The van der Waals surface area contributed by atoms with Crippen molar-refractivity contribution in [1.29, 1.82) is 0 Å². The Bertz CT molecular complexity index is 781. The molecule has 0 saturated carbocycles. The molecule has 1 aliphatic rings. The number of hydrogen-bond donors (Lipinski definition) is 2. The van der Waals surface area contributed by atoms with Gasteiger partial charge in [-0.25, -0.2) is 0 Å². The van der Waals surface area contributed by atoms with Gasteiger partial charge in [0.2, 0.25) is 5.56 Å². The molecule has 6 heteroatoms. The summed E-state index contributed by atoms with van der Waals surface area (Å²) in [5, 5.41) is 9.67. The number of carbonyl (C=O) groups is 2. The molecule has 1 saturated heterocycles. The van der Waals surface area contributed by atoms with Gasteiger partial charge in [0.25, 0.3) is 5.91 Å². The number of aliphatic carboxylic acids is 1. The molecular weight excluding hydrogens is 272 g/mol. The molecule has 1 aromatic heterocycles. The van der Waals surface area contributed by atoms with Crippen molar-refractivity contribution < 1.29 is 14.7 Å². The van der Waals surface area contributed by atoms with Gasteiger partial charge in [0.15, 0.2) is 0 Å². The van der Waals surface area contributed by atoms with Crippen molar-refractivity contribution in [2.24, 2.45) is 5.92 Å². The highest BCUT2D eigenvalue weighted by Crippen LogP contribution is 2.22. The molecule has 21 heavy (non-hydrogen) atoms. The van der Waals surface area contributed by atoms with Gasteiger partial charge in [-0.2, -0.15) is 0 Å². The summed E-state index contributed by atoms with van der Waals surface area (Å²) in [6.07, 6.45) is 0.447. The number of carbonyl (C=O) groups excluding carboxylic acids is 1. The zero-order valence-electron chi connectivity index (χ0n) is 11.2. The van der Waals surface area contributed by atoms with Gasteiger partial charge >= 0.3 is 5.97 Å². The molecule has 3 rings (SSSR count). The molecule has 0 unspecified atom stereocenters. The van der Waals surface area contributed by atoms with Gasteiger partial charge in [0, 0.05) is 30.1 Å². The van der Waals surface area contributed by atoms with Gasteiger partial charge in [-0.05, 0) is 12.5 Å². The fourth-order valence-electron chi connectivity index (χ4n) is 2.70. The number of benzene rings is 1. The van der Waals surface area contributed by atoms with Crippen molar-refractivity contribution >= 4 is 22.8 Å². The van der Waals surface area contributed by atoms with Crippen LogP contribution in [0.15, 0.2) is 35.1 Å². The van der Waals surface area contributed by atoms with Crippen LogP contribution in [-0.4, -0.2) is 40.0 Å². The van der Waals surface area contributed by atoms with Crippen LogP contribution >= 0.6 is 0 Å². The van der Waals surface area contributed by atoms with Crippen molar-refractivity contribution in [1.82, 2.24) is 9.88 Å². The molecule has 1 atom stereocenters. The van der Waals surface area contributed by atoms with Crippen LogP contribution in [0.3, 0.4) is 0 Å². The second kappa shape index (κ2) is 5.05. The number of carboxylic acid groups (broad SMARTS) is 1. The van der Waals surface area contributed by atoms with Crippen molar-refractivity contribution in [3.05, 3.63) is 46.2 Å². The number of rotatable bonds is 2.